The molecule has 148 valence electrons. The minimum absolute atomic E-state index is 0.107. The van der Waals surface area contributed by atoms with E-state index in [0.29, 0.717) is 28.4 Å². The third-order valence-corrected chi connectivity index (χ3v) is 5.51. The van der Waals surface area contributed by atoms with Crippen LogP contribution in [0.3, 0.4) is 0 Å². The molecule has 0 aromatic heterocycles. The third kappa shape index (κ3) is 6.10. The molecular weight excluding hydrogens is 452 g/mol. The molecule has 0 heterocycles. The van der Waals surface area contributed by atoms with E-state index in [1.165, 1.54) is 11.8 Å². The first-order valence-corrected chi connectivity index (χ1v) is 10.6. The van der Waals surface area contributed by atoms with Crippen LogP contribution in [0.1, 0.15) is 10.4 Å². The molecule has 0 saturated carbocycles. The standard InChI is InChI=1S/C22H19BrN2O3S/c1-28-20-5-3-2-4-19(20)25-22(27)15-6-10-17(11-7-15)24-21(26)14-29-18-12-8-16(23)9-13-18/h2-13H,14H2,1H3,(H,24,26)(H,25,27). The van der Waals surface area contributed by atoms with Crippen LogP contribution >= 0.6 is 27.7 Å². The molecule has 0 saturated heterocycles. The van der Waals surface area contributed by atoms with E-state index in [9.17, 15) is 9.59 Å². The van der Waals surface area contributed by atoms with Crippen molar-refractivity contribution in [3.05, 3.63) is 82.8 Å². The highest BCUT2D eigenvalue weighted by atomic mass is 79.9. The lowest BCUT2D eigenvalue weighted by atomic mass is 10.2. The number of para-hydroxylation sites is 2. The van der Waals surface area contributed by atoms with Crippen molar-refractivity contribution >= 4 is 50.9 Å². The SMILES string of the molecule is COc1ccccc1NC(=O)c1ccc(NC(=O)CSc2ccc(Br)cc2)cc1. The minimum atomic E-state index is -0.252. The lowest BCUT2D eigenvalue weighted by Gasteiger charge is -2.10. The highest BCUT2D eigenvalue weighted by molar-refractivity contribution is 9.10. The monoisotopic (exact) mass is 470 g/mol. The number of halogens is 1. The molecule has 3 aromatic carbocycles. The van der Waals surface area contributed by atoms with Gasteiger partial charge in [0.05, 0.1) is 18.6 Å². The number of benzene rings is 3. The Morgan fingerprint density at radius 3 is 2.31 bits per heavy atom. The van der Waals surface area contributed by atoms with E-state index >= 15 is 0 Å². The van der Waals surface area contributed by atoms with Gasteiger partial charge in [-0.1, -0.05) is 28.1 Å². The van der Waals surface area contributed by atoms with Crippen LogP contribution < -0.4 is 15.4 Å². The summed E-state index contributed by atoms with van der Waals surface area (Å²) in [5.74, 6) is 0.535. The number of methoxy groups -OCH3 is 1. The van der Waals surface area contributed by atoms with Crippen molar-refractivity contribution in [3.8, 4) is 5.75 Å². The number of carbonyl (C=O) groups excluding carboxylic acids is 2. The molecule has 0 bridgehead atoms. The fraction of sp³-hybridized carbons (Fsp3) is 0.0909. The van der Waals surface area contributed by atoms with Gasteiger partial charge in [0.2, 0.25) is 5.91 Å². The maximum Gasteiger partial charge on any atom is 0.255 e. The van der Waals surface area contributed by atoms with Gasteiger partial charge in [-0.25, -0.2) is 0 Å². The van der Waals surface area contributed by atoms with Crippen LogP contribution in [0.15, 0.2) is 82.2 Å². The van der Waals surface area contributed by atoms with E-state index in [2.05, 4.69) is 26.6 Å². The van der Waals surface area contributed by atoms with Gasteiger partial charge in [-0.2, -0.15) is 0 Å². The van der Waals surface area contributed by atoms with Crippen molar-refractivity contribution in [3.63, 3.8) is 0 Å². The Morgan fingerprint density at radius 2 is 1.62 bits per heavy atom. The highest BCUT2D eigenvalue weighted by Crippen LogP contribution is 2.24. The van der Waals surface area contributed by atoms with Gasteiger partial charge in [0, 0.05) is 20.6 Å². The number of thioether (sulfide) groups is 1. The van der Waals surface area contributed by atoms with Gasteiger partial charge in [0.25, 0.3) is 5.91 Å². The molecule has 29 heavy (non-hydrogen) atoms. The Balaban J connectivity index is 1.54. The van der Waals surface area contributed by atoms with Crippen LogP contribution in [-0.4, -0.2) is 24.7 Å². The molecule has 0 radical (unpaired) electrons. The first-order valence-electron chi connectivity index (χ1n) is 8.78. The molecule has 0 aliphatic heterocycles. The van der Waals surface area contributed by atoms with Crippen LogP contribution in [0.25, 0.3) is 0 Å². The summed E-state index contributed by atoms with van der Waals surface area (Å²) in [5.41, 5.74) is 1.72. The highest BCUT2D eigenvalue weighted by Gasteiger charge is 2.10. The summed E-state index contributed by atoms with van der Waals surface area (Å²) < 4.78 is 6.24. The van der Waals surface area contributed by atoms with E-state index in [1.54, 1.807) is 43.5 Å². The van der Waals surface area contributed by atoms with Gasteiger partial charge >= 0.3 is 0 Å². The quantitative estimate of drug-likeness (QED) is 0.451. The third-order valence-electron chi connectivity index (χ3n) is 3.97. The second-order valence-electron chi connectivity index (χ2n) is 6.02. The fourth-order valence-corrected chi connectivity index (χ4v) is 3.49. The van der Waals surface area contributed by atoms with Crippen molar-refractivity contribution in [2.45, 2.75) is 4.90 Å². The maximum atomic E-state index is 12.4. The summed E-state index contributed by atoms with van der Waals surface area (Å²) in [5, 5.41) is 5.66. The minimum Gasteiger partial charge on any atom is -0.495 e. The molecule has 0 fully saturated rings. The summed E-state index contributed by atoms with van der Waals surface area (Å²) in [6.07, 6.45) is 0. The summed E-state index contributed by atoms with van der Waals surface area (Å²) >= 11 is 4.85. The van der Waals surface area contributed by atoms with Crippen LogP contribution in [0.4, 0.5) is 11.4 Å². The Labute approximate surface area is 182 Å². The number of hydrogen-bond donors (Lipinski definition) is 2. The number of anilines is 2. The average molecular weight is 471 g/mol. The number of nitrogens with one attached hydrogen (secondary N) is 2. The summed E-state index contributed by atoms with van der Waals surface area (Å²) in [6.45, 7) is 0. The second kappa shape index (κ2) is 10.1. The van der Waals surface area contributed by atoms with Crippen LogP contribution in [0, 0.1) is 0 Å². The van der Waals surface area contributed by atoms with E-state index < -0.39 is 0 Å². The summed E-state index contributed by atoms with van der Waals surface area (Å²) in [7, 11) is 1.55. The molecule has 2 N–H and O–H groups in total. The van der Waals surface area contributed by atoms with Gasteiger partial charge in [0.1, 0.15) is 5.75 Å². The zero-order chi connectivity index (χ0) is 20.6. The lowest BCUT2D eigenvalue weighted by molar-refractivity contribution is -0.113. The molecule has 0 atom stereocenters. The number of amides is 2. The van der Waals surface area contributed by atoms with Crippen molar-refractivity contribution in [1.29, 1.82) is 0 Å². The number of carbonyl (C=O) groups is 2. The zero-order valence-electron chi connectivity index (χ0n) is 15.6. The molecule has 0 aliphatic rings. The normalized spacial score (nSPS) is 10.3. The molecule has 0 aliphatic carbocycles. The topological polar surface area (TPSA) is 67.4 Å². The molecule has 3 aromatic rings. The number of hydrogen-bond acceptors (Lipinski definition) is 4. The van der Waals surface area contributed by atoms with Gasteiger partial charge in [-0.05, 0) is 60.7 Å². The zero-order valence-corrected chi connectivity index (χ0v) is 18.0. The smallest absolute Gasteiger partial charge is 0.255 e. The average Bonchev–Trinajstić information content (AvgIpc) is 2.74. The van der Waals surface area contributed by atoms with Gasteiger partial charge in [0.15, 0.2) is 0 Å². The predicted molar refractivity (Wildman–Crippen MR) is 121 cm³/mol. The van der Waals surface area contributed by atoms with Crippen molar-refractivity contribution in [1.82, 2.24) is 0 Å². The molecule has 3 rings (SSSR count). The first-order chi connectivity index (χ1) is 14.0. The van der Waals surface area contributed by atoms with Crippen molar-refractivity contribution in [2.24, 2.45) is 0 Å². The van der Waals surface area contributed by atoms with Crippen molar-refractivity contribution in [2.75, 3.05) is 23.5 Å². The maximum absolute atomic E-state index is 12.4. The Kier molecular flexibility index (Phi) is 7.32. The second-order valence-corrected chi connectivity index (χ2v) is 7.99. The number of rotatable bonds is 7. The summed E-state index contributed by atoms with van der Waals surface area (Å²) in [4.78, 5) is 25.6. The molecule has 0 unspecified atom stereocenters. The van der Waals surface area contributed by atoms with E-state index in [-0.39, 0.29) is 11.8 Å². The molecule has 0 spiro atoms. The number of ether oxygens (including phenoxy) is 1. The van der Waals surface area contributed by atoms with Gasteiger partial charge < -0.3 is 15.4 Å². The fourth-order valence-electron chi connectivity index (χ4n) is 2.52. The van der Waals surface area contributed by atoms with Gasteiger partial charge in [-0.15, -0.1) is 11.8 Å². The van der Waals surface area contributed by atoms with Crippen LogP contribution in [0.2, 0.25) is 0 Å². The Bertz CT molecular complexity index is 992. The molecule has 7 heteroatoms. The summed E-state index contributed by atoms with van der Waals surface area (Å²) in [6, 6.07) is 21.8. The van der Waals surface area contributed by atoms with E-state index in [0.717, 1.165) is 9.37 Å². The molecule has 2 amide bonds. The predicted octanol–water partition coefficient (Wildman–Crippen LogP) is 5.44. The Morgan fingerprint density at radius 1 is 0.931 bits per heavy atom. The lowest BCUT2D eigenvalue weighted by Crippen LogP contribution is -2.15. The molecule has 5 nitrogen and oxygen atoms in total. The Hall–Kier alpha value is -2.77. The van der Waals surface area contributed by atoms with E-state index in [1.807, 2.05) is 36.4 Å². The largest absolute Gasteiger partial charge is 0.495 e. The van der Waals surface area contributed by atoms with Crippen LogP contribution in [0.5, 0.6) is 5.75 Å². The van der Waals surface area contributed by atoms with Gasteiger partial charge in [-0.3, -0.25) is 9.59 Å². The first kappa shape index (κ1) is 21.0. The van der Waals surface area contributed by atoms with E-state index in [4.69, 9.17) is 4.74 Å². The van der Waals surface area contributed by atoms with Crippen molar-refractivity contribution < 1.29 is 14.3 Å². The molecular formula is C22H19BrN2O3S. The van der Waals surface area contributed by atoms with Crippen LogP contribution in [-0.2, 0) is 4.79 Å².